The molecule has 0 bridgehead atoms. The molecule has 0 fully saturated rings. The maximum Gasteiger partial charge on any atom is 0.114 e. The van der Waals surface area contributed by atoms with Crippen LogP contribution in [-0.2, 0) is 25.7 Å². The SMILES string of the molecule is CCCCCCc1ccsc1C=Cc1sc(-c2ccc(-c3cc(CCCCCC)c(C=Cc4sccc4CCCCCC)s3)c3nsnc23)cc1CCCCCC. The first-order valence-corrected chi connectivity index (χ1v) is 26.3. The molecule has 0 unspecified atom stereocenters. The van der Waals surface area contributed by atoms with Gasteiger partial charge >= 0.3 is 0 Å². The third-order valence-electron chi connectivity index (χ3n) is 11.2. The van der Waals surface area contributed by atoms with Crippen LogP contribution in [0.2, 0.25) is 0 Å². The number of hydrogen-bond donors (Lipinski definition) is 0. The number of benzene rings is 1. The topological polar surface area (TPSA) is 25.8 Å². The predicted molar refractivity (Wildman–Crippen MR) is 262 cm³/mol. The van der Waals surface area contributed by atoms with Crippen LogP contribution >= 0.6 is 57.1 Å². The lowest BCUT2D eigenvalue weighted by molar-refractivity contribution is 0.667. The van der Waals surface area contributed by atoms with E-state index in [2.05, 4.69) is 99.2 Å². The van der Waals surface area contributed by atoms with Crippen LogP contribution in [0.25, 0.3) is 56.2 Å². The molecular formula is C50H64N2S5. The van der Waals surface area contributed by atoms with Gasteiger partial charge in [0.2, 0.25) is 0 Å². The molecular weight excluding hydrogens is 789 g/mol. The molecule has 1 aromatic carbocycles. The number of unbranched alkanes of at least 4 members (excludes halogenated alkanes) is 12. The van der Waals surface area contributed by atoms with Gasteiger partial charge in [-0.2, -0.15) is 8.75 Å². The van der Waals surface area contributed by atoms with E-state index in [0.717, 1.165) is 23.9 Å². The molecule has 0 saturated heterocycles. The minimum Gasteiger partial charge on any atom is -0.172 e. The number of thiophene rings is 4. The van der Waals surface area contributed by atoms with Crippen molar-refractivity contribution in [3.8, 4) is 20.9 Å². The smallest absolute Gasteiger partial charge is 0.114 e. The lowest BCUT2D eigenvalue weighted by atomic mass is 10.0. The Morgan fingerprint density at radius 3 is 1.18 bits per heavy atom. The summed E-state index contributed by atoms with van der Waals surface area (Å²) < 4.78 is 9.95. The van der Waals surface area contributed by atoms with Crippen LogP contribution in [0.1, 0.15) is 172 Å². The Labute approximate surface area is 364 Å². The van der Waals surface area contributed by atoms with Crippen molar-refractivity contribution in [1.29, 1.82) is 0 Å². The van der Waals surface area contributed by atoms with Gasteiger partial charge in [-0.3, -0.25) is 0 Å². The molecule has 0 saturated carbocycles. The van der Waals surface area contributed by atoms with Crippen molar-refractivity contribution in [1.82, 2.24) is 8.75 Å². The van der Waals surface area contributed by atoms with Crippen LogP contribution in [0.5, 0.6) is 0 Å². The predicted octanol–water partition coefficient (Wildman–Crippen LogP) is 18.1. The second-order valence-electron chi connectivity index (χ2n) is 15.7. The Balaban J connectivity index is 1.28. The highest BCUT2D eigenvalue weighted by Gasteiger charge is 2.19. The average Bonchev–Trinajstić information content (AvgIpc) is 4.08. The standard InChI is InChI=1S/C50H64N2S5/c1-5-9-13-17-21-37-31-33-53-43(37)27-29-45-39(23-19-15-11-7-3)35-47(55-45)41-25-26-42(50-49(41)51-57-52-50)48-36-40(24-20-16-12-8-4)46(56-48)30-28-44-38(32-34-54-44)22-18-14-10-6-2/h25-36H,5-24H2,1-4H3. The number of hydrogen-bond acceptors (Lipinski definition) is 7. The van der Waals surface area contributed by atoms with Crippen molar-refractivity contribution >= 4 is 92.4 Å². The number of rotatable bonds is 26. The van der Waals surface area contributed by atoms with E-state index in [1.165, 1.54) is 190 Å². The summed E-state index contributed by atoms with van der Waals surface area (Å²) in [7, 11) is 0. The van der Waals surface area contributed by atoms with Gasteiger partial charge in [-0.1, -0.05) is 117 Å². The average molecular weight is 853 g/mol. The summed E-state index contributed by atoms with van der Waals surface area (Å²) in [4.78, 5) is 8.24. The van der Waals surface area contributed by atoms with E-state index in [0.29, 0.717) is 0 Å². The molecule has 0 amide bonds. The van der Waals surface area contributed by atoms with E-state index in [1.54, 1.807) is 0 Å². The Bertz CT molecular complexity index is 1980. The summed E-state index contributed by atoms with van der Waals surface area (Å²) in [6, 6.07) is 14.3. The summed E-state index contributed by atoms with van der Waals surface area (Å²) in [6.07, 6.45) is 34.9. The monoisotopic (exact) mass is 852 g/mol. The van der Waals surface area contributed by atoms with Gasteiger partial charge in [0.15, 0.2) is 0 Å². The summed E-state index contributed by atoms with van der Waals surface area (Å²) in [5.41, 5.74) is 10.5. The van der Waals surface area contributed by atoms with Crippen molar-refractivity contribution in [2.75, 3.05) is 0 Å². The molecule has 0 spiro atoms. The summed E-state index contributed by atoms with van der Waals surface area (Å²) in [5.74, 6) is 0. The van der Waals surface area contributed by atoms with Gasteiger partial charge in [-0.25, -0.2) is 0 Å². The van der Waals surface area contributed by atoms with Crippen LogP contribution in [0.4, 0.5) is 0 Å². The first-order valence-electron chi connectivity index (χ1n) is 22.1. The number of aryl methyl sites for hydroxylation is 4. The molecule has 57 heavy (non-hydrogen) atoms. The van der Waals surface area contributed by atoms with Crippen LogP contribution < -0.4 is 0 Å². The van der Waals surface area contributed by atoms with Crippen molar-refractivity contribution in [3.63, 3.8) is 0 Å². The summed E-state index contributed by atoms with van der Waals surface area (Å²) in [6.45, 7) is 9.18. The zero-order chi connectivity index (χ0) is 39.7. The maximum atomic E-state index is 4.97. The summed E-state index contributed by atoms with van der Waals surface area (Å²) >= 11 is 8.98. The third kappa shape index (κ3) is 12.4. The molecule has 0 aliphatic heterocycles. The highest BCUT2D eigenvalue weighted by atomic mass is 32.1. The lowest BCUT2D eigenvalue weighted by Gasteiger charge is -2.03. The van der Waals surface area contributed by atoms with Gasteiger partial charge in [-0.15, -0.1) is 45.3 Å². The fourth-order valence-corrected chi connectivity index (χ4v) is 12.3. The molecule has 7 heteroatoms. The van der Waals surface area contributed by atoms with E-state index in [4.69, 9.17) is 8.75 Å². The molecule has 0 N–H and O–H groups in total. The largest absolute Gasteiger partial charge is 0.172 e. The molecule has 0 atom stereocenters. The minimum absolute atomic E-state index is 1.04. The highest BCUT2D eigenvalue weighted by molar-refractivity contribution is 7.17. The van der Waals surface area contributed by atoms with E-state index in [9.17, 15) is 0 Å². The number of fused-ring (bicyclic) bond motifs is 1. The van der Waals surface area contributed by atoms with Gasteiger partial charge in [0, 0.05) is 40.4 Å². The summed E-state index contributed by atoms with van der Waals surface area (Å²) in [5, 5.41) is 4.54. The van der Waals surface area contributed by atoms with Crippen molar-refractivity contribution < 1.29 is 0 Å². The lowest BCUT2D eigenvalue weighted by Crippen LogP contribution is -1.87. The van der Waals surface area contributed by atoms with Crippen LogP contribution in [0.3, 0.4) is 0 Å². The molecule has 6 rings (SSSR count). The Kier molecular flexibility index (Phi) is 18.3. The van der Waals surface area contributed by atoms with Crippen molar-refractivity contribution in [3.05, 3.63) is 88.9 Å². The second kappa shape index (κ2) is 23.8. The van der Waals surface area contributed by atoms with E-state index in [-0.39, 0.29) is 0 Å². The van der Waals surface area contributed by atoms with Gasteiger partial charge in [0.25, 0.3) is 0 Å². The second-order valence-corrected chi connectivity index (χ2v) is 20.2. The molecule has 5 heterocycles. The van der Waals surface area contributed by atoms with Gasteiger partial charge in [-0.05, 0) is 133 Å². The molecule has 5 aromatic heterocycles. The van der Waals surface area contributed by atoms with Gasteiger partial charge in [0.05, 0.1) is 11.7 Å². The van der Waals surface area contributed by atoms with Crippen LogP contribution in [0, 0.1) is 0 Å². The first-order chi connectivity index (χ1) is 28.1. The Morgan fingerprint density at radius 2 is 0.789 bits per heavy atom. The zero-order valence-electron chi connectivity index (χ0n) is 35.0. The van der Waals surface area contributed by atoms with Gasteiger partial charge in [0.1, 0.15) is 11.0 Å². The number of nitrogens with zero attached hydrogens (tertiary/aromatic N) is 2. The molecule has 304 valence electrons. The molecule has 2 nitrogen and oxygen atoms in total. The minimum atomic E-state index is 1.04. The first kappa shape index (κ1) is 43.9. The molecule has 0 aliphatic rings. The normalized spacial score (nSPS) is 12.1. The zero-order valence-corrected chi connectivity index (χ0v) is 39.1. The van der Waals surface area contributed by atoms with E-state index < -0.39 is 0 Å². The maximum absolute atomic E-state index is 4.97. The highest BCUT2D eigenvalue weighted by Crippen LogP contribution is 2.43. The van der Waals surface area contributed by atoms with Gasteiger partial charge < -0.3 is 0 Å². The van der Waals surface area contributed by atoms with Crippen molar-refractivity contribution in [2.24, 2.45) is 0 Å². The van der Waals surface area contributed by atoms with E-state index >= 15 is 0 Å². The van der Waals surface area contributed by atoms with Crippen LogP contribution in [-0.4, -0.2) is 8.75 Å². The number of aromatic nitrogens is 2. The fraction of sp³-hybridized carbons (Fsp3) is 0.480. The molecule has 0 radical (unpaired) electrons. The van der Waals surface area contributed by atoms with Crippen molar-refractivity contribution in [2.45, 2.75) is 156 Å². The van der Waals surface area contributed by atoms with Crippen LogP contribution in [0.15, 0.2) is 47.2 Å². The quantitative estimate of drug-likeness (QED) is 0.0508. The van der Waals surface area contributed by atoms with E-state index in [1.807, 2.05) is 45.3 Å². The Morgan fingerprint density at radius 1 is 0.421 bits per heavy atom. The Hall–Kier alpha value is -2.68. The fourth-order valence-electron chi connectivity index (χ4n) is 7.76. The molecule has 6 aromatic rings. The molecule has 0 aliphatic carbocycles. The third-order valence-corrected chi connectivity index (χ3v) is 15.9.